The highest BCUT2D eigenvalue weighted by Crippen LogP contribution is 2.36. The van der Waals surface area contributed by atoms with Gasteiger partial charge in [0, 0.05) is 5.56 Å². The van der Waals surface area contributed by atoms with E-state index in [4.69, 9.17) is 16.0 Å². The van der Waals surface area contributed by atoms with Gasteiger partial charge in [0.15, 0.2) is 0 Å². The van der Waals surface area contributed by atoms with E-state index >= 15 is 0 Å². The lowest BCUT2D eigenvalue weighted by Crippen LogP contribution is -2.06. The Kier molecular flexibility index (Phi) is 3.11. The van der Waals surface area contributed by atoms with E-state index in [0.29, 0.717) is 5.69 Å². The molecule has 0 aliphatic carbocycles. The van der Waals surface area contributed by atoms with Crippen molar-refractivity contribution in [2.45, 2.75) is 12.1 Å². The van der Waals surface area contributed by atoms with Crippen LogP contribution in [-0.4, -0.2) is 4.98 Å². The number of hydrogen-bond donors (Lipinski definition) is 0. The second-order valence-corrected chi connectivity index (χ2v) is 3.59. The van der Waals surface area contributed by atoms with Crippen LogP contribution in [0.4, 0.5) is 13.2 Å². The van der Waals surface area contributed by atoms with Crippen LogP contribution in [0.3, 0.4) is 0 Å². The summed E-state index contributed by atoms with van der Waals surface area (Å²) in [5, 5.41) is 0. The Bertz CT molecular complexity index is 521. The quantitative estimate of drug-likeness (QED) is 0.761. The highest BCUT2D eigenvalue weighted by atomic mass is 35.5. The van der Waals surface area contributed by atoms with Crippen molar-refractivity contribution in [3.8, 4) is 11.5 Å². The van der Waals surface area contributed by atoms with Gasteiger partial charge in [0.2, 0.25) is 5.89 Å². The molecule has 2 rings (SSSR count). The van der Waals surface area contributed by atoms with Crippen molar-refractivity contribution in [2.75, 3.05) is 0 Å². The molecule has 0 fully saturated rings. The second kappa shape index (κ2) is 4.41. The van der Waals surface area contributed by atoms with Crippen molar-refractivity contribution in [3.05, 3.63) is 41.8 Å². The molecule has 0 saturated carbocycles. The Morgan fingerprint density at radius 3 is 2.53 bits per heavy atom. The van der Waals surface area contributed by atoms with Gasteiger partial charge in [-0.05, 0) is 12.1 Å². The van der Waals surface area contributed by atoms with Crippen molar-refractivity contribution in [3.63, 3.8) is 0 Å². The van der Waals surface area contributed by atoms with Crippen LogP contribution in [0.25, 0.3) is 11.5 Å². The predicted molar refractivity (Wildman–Crippen MR) is 56.5 cm³/mol. The van der Waals surface area contributed by atoms with E-state index in [9.17, 15) is 13.2 Å². The summed E-state index contributed by atoms with van der Waals surface area (Å²) in [4.78, 5) is 3.87. The lowest BCUT2D eigenvalue weighted by Gasteiger charge is -2.09. The van der Waals surface area contributed by atoms with Crippen molar-refractivity contribution in [1.29, 1.82) is 0 Å². The topological polar surface area (TPSA) is 26.0 Å². The van der Waals surface area contributed by atoms with Gasteiger partial charge >= 0.3 is 6.18 Å². The molecule has 0 aliphatic heterocycles. The zero-order valence-electron chi connectivity index (χ0n) is 8.46. The third-order valence-electron chi connectivity index (χ3n) is 2.15. The Morgan fingerprint density at radius 2 is 1.94 bits per heavy atom. The maximum absolute atomic E-state index is 12.7. The standard InChI is InChI=1S/C11H7ClF3NO/c12-5-7-6-17-10(16-7)8-3-1-2-4-9(8)11(13,14)15/h1-4,6H,5H2. The summed E-state index contributed by atoms with van der Waals surface area (Å²) in [5.74, 6) is 0.0195. The van der Waals surface area contributed by atoms with Crippen LogP contribution in [0.1, 0.15) is 11.3 Å². The van der Waals surface area contributed by atoms with Crippen LogP contribution < -0.4 is 0 Å². The maximum atomic E-state index is 12.7. The summed E-state index contributed by atoms with van der Waals surface area (Å²) >= 11 is 5.51. The number of nitrogens with zero attached hydrogens (tertiary/aromatic N) is 1. The van der Waals surface area contributed by atoms with Crippen LogP contribution in [0.2, 0.25) is 0 Å². The van der Waals surface area contributed by atoms with E-state index in [-0.39, 0.29) is 17.3 Å². The lowest BCUT2D eigenvalue weighted by atomic mass is 10.1. The number of oxazole rings is 1. The first kappa shape index (κ1) is 12.0. The fraction of sp³-hybridized carbons (Fsp3) is 0.182. The average molecular weight is 262 g/mol. The molecule has 1 heterocycles. The molecule has 0 N–H and O–H groups in total. The number of benzene rings is 1. The summed E-state index contributed by atoms with van der Waals surface area (Å²) in [7, 11) is 0. The average Bonchev–Trinajstić information content (AvgIpc) is 2.76. The van der Waals surface area contributed by atoms with E-state index < -0.39 is 11.7 Å². The van der Waals surface area contributed by atoms with Gasteiger partial charge < -0.3 is 4.42 Å². The minimum atomic E-state index is -4.44. The molecular weight excluding hydrogens is 255 g/mol. The Labute approximate surface area is 100 Å². The van der Waals surface area contributed by atoms with Crippen molar-refractivity contribution in [1.82, 2.24) is 4.98 Å². The number of aromatic nitrogens is 1. The SMILES string of the molecule is FC(F)(F)c1ccccc1-c1nc(CCl)co1. The summed E-state index contributed by atoms with van der Waals surface area (Å²) in [6.07, 6.45) is -3.19. The molecule has 0 bridgehead atoms. The first-order chi connectivity index (χ1) is 8.02. The van der Waals surface area contributed by atoms with Crippen molar-refractivity contribution < 1.29 is 17.6 Å². The number of halogens is 4. The van der Waals surface area contributed by atoms with E-state index in [1.54, 1.807) is 0 Å². The molecule has 0 spiro atoms. The molecule has 6 heteroatoms. The number of rotatable bonds is 2. The summed E-state index contributed by atoms with van der Waals surface area (Å²) in [5.41, 5.74) is -0.460. The smallest absolute Gasteiger partial charge is 0.417 e. The van der Waals surface area contributed by atoms with Gasteiger partial charge in [-0.25, -0.2) is 4.98 Å². The second-order valence-electron chi connectivity index (χ2n) is 3.32. The highest BCUT2D eigenvalue weighted by Gasteiger charge is 2.34. The summed E-state index contributed by atoms with van der Waals surface area (Å²) in [6.45, 7) is 0. The molecule has 0 atom stereocenters. The van der Waals surface area contributed by atoms with Crippen LogP contribution in [0.5, 0.6) is 0 Å². The van der Waals surface area contributed by atoms with Gasteiger partial charge in [-0.3, -0.25) is 0 Å². The predicted octanol–water partition coefficient (Wildman–Crippen LogP) is 4.10. The van der Waals surface area contributed by atoms with Crippen LogP contribution in [-0.2, 0) is 12.1 Å². The van der Waals surface area contributed by atoms with Gasteiger partial charge in [-0.2, -0.15) is 13.2 Å². The lowest BCUT2D eigenvalue weighted by molar-refractivity contribution is -0.137. The molecule has 0 saturated heterocycles. The molecule has 0 unspecified atom stereocenters. The fourth-order valence-electron chi connectivity index (χ4n) is 1.41. The summed E-state index contributed by atoms with van der Waals surface area (Å²) < 4.78 is 43.2. The van der Waals surface area contributed by atoms with Crippen LogP contribution in [0.15, 0.2) is 34.9 Å². The maximum Gasteiger partial charge on any atom is 0.417 e. The molecule has 0 aliphatic rings. The molecule has 2 nitrogen and oxygen atoms in total. The Hall–Kier alpha value is -1.49. The van der Waals surface area contributed by atoms with Crippen LogP contribution >= 0.6 is 11.6 Å². The molecule has 0 amide bonds. The molecule has 1 aromatic heterocycles. The molecule has 2 aromatic rings. The fourth-order valence-corrected chi connectivity index (χ4v) is 1.53. The molecular formula is C11H7ClF3NO. The van der Waals surface area contributed by atoms with Gasteiger partial charge in [-0.1, -0.05) is 12.1 Å². The normalized spacial score (nSPS) is 11.8. The minimum absolute atomic E-state index is 0.0754. The van der Waals surface area contributed by atoms with E-state index in [0.717, 1.165) is 6.07 Å². The van der Waals surface area contributed by atoms with Gasteiger partial charge in [0.05, 0.1) is 17.1 Å². The third-order valence-corrected chi connectivity index (χ3v) is 2.43. The Balaban J connectivity index is 2.52. The molecule has 17 heavy (non-hydrogen) atoms. The first-order valence-electron chi connectivity index (χ1n) is 4.69. The number of hydrogen-bond acceptors (Lipinski definition) is 2. The number of alkyl halides is 4. The molecule has 1 aromatic carbocycles. The van der Waals surface area contributed by atoms with Gasteiger partial charge in [0.25, 0.3) is 0 Å². The first-order valence-corrected chi connectivity index (χ1v) is 5.23. The summed E-state index contributed by atoms with van der Waals surface area (Å²) in [6, 6.07) is 5.11. The van der Waals surface area contributed by atoms with Gasteiger partial charge in [0.1, 0.15) is 6.26 Å². The third kappa shape index (κ3) is 2.44. The highest BCUT2D eigenvalue weighted by molar-refractivity contribution is 6.16. The van der Waals surface area contributed by atoms with E-state index in [2.05, 4.69) is 4.98 Å². The van der Waals surface area contributed by atoms with Gasteiger partial charge in [-0.15, -0.1) is 11.6 Å². The minimum Gasteiger partial charge on any atom is -0.444 e. The zero-order chi connectivity index (χ0) is 12.5. The van der Waals surface area contributed by atoms with Crippen molar-refractivity contribution >= 4 is 11.6 Å². The Morgan fingerprint density at radius 1 is 1.24 bits per heavy atom. The largest absolute Gasteiger partial charge is 0.444 e. The van der Waals surface area contributed by atoms with Crippen LogP contribution in [0, 0.1) is 0 Å². The van der Waals surface area contributed by atoms with E-state index in [1.165, 1.54) is 24.5 Å². The van der Waals surface area contributed by atoms with E-state index in [1.807, 2.05) is 0 Å². The molecule has 0 radical (unpaired) electrons. The monoisotopic (exact) mass is 261 g/mol. The zero-order valence-corrected chi connectivity index (χ0v) is 9.22. The molecule has 90 valence electrons. The van der Waals surface area contributed by atoms with Crippen molar-refractivity contribution in [2.24, 2.45) is 0 Å².